The molecule has 0 amide bonds. The quantitative estimate of drug-likeness (QED) is 0.247. The van der Waals surface area contributed by atoms with Crippen LogP contribution >= 0.6 is 35.7 Å². The molecule has 20 heavy (non-hydrogen) atoms. The average molecular weight is 411 g/mol. The fourth-order valence-corrected chi connectivity index (χ4v) is 2.32. The molecule has 1 aromatic carbocycles. The van der Waals surface area contributed by atoms with Gasteiger partial charge in [-0.25, -0.2) is 4.39 Å². The van der Waals surface area contributed by atoms with Crippen molar-refractivity contribution in [1.29, 1.82) is 0 Å². The second-order valence-corrected chi connectivity index (χ2v) is 5.62. The zero-order valence-corrected chi connectivity index (χ0v) is 15.3. The Balaban J connectivity index is 0.00000361. The van der Waals surface area contributed by atoms with Gasteiger partial charge < -0.3 is 10.6 Å². The predicted octanol–water partition coefficient (Wildman–Crippen LogP) is 3.50. The predicted molar refractivity (Wildman–Crippen MR) is 96.8 cm³/mol. The smallest absolute Gasteiger partial charge is 0.191 e. The third-order valence-corrected chi connectivity index (χ3v) is 3.44. The fourth-order valence-electron chi connectivity index (χ4n) is 1.47. The van der Waals surface area contributed by atoms with Crippen molar-refractivity contribution in [2.24, 2.45) is 4.99 Å². The number of hydrogen-bond donors (Lipinski definition) is 2. The number of thioether (sulfide) groups is 1. The number of guanidine groups is 1. The Kier molecular flexibility index (Phi) is 10.9. The van der Waals surface area contributed by atoms with Crippen LogP contribution in [0.2, 0.25) is 0 Å². The van der Waals surface area contributed by atoms with Crippen molar-refractivity contribution in [3.63, 3.8) is 0 Å². The van der Waals surface area contributed by atoms with E-state index in [-0.39, 0.29) is 29.8 Å². The van der Waals surface area contributed by atoms with Crippen molar-refractivity contribution in [2.75, 3.05) is 19.3 Å². The van der Waals surface area contributed by atoms with Crippen molar-refractivity contribution in [3.8, 4) is 0 Å². The lowest BCUT2D eigenvalue weighted by molar-refractivity contribution is 0.626. The van der Waals surface area contributed by atoms with Crippen LogP contribution in [-0.2, 0) is 0 Å². The number of aliphatic imine (C=N–C) groups is 1. The van der Waals surface area contributed by atoms with E-state index in [1.165, 1.54) is 12.1 Å². The Morgan fingerprint density at radius 1 is 1.30 bits per heavy atom. The van der Waals surface area contributed by atoms with E-state index >= 15 is 0 Å². The summed E-state index contributed by atoms with van der Waals surface area (Å²) in [4.78, 5) is 5.24. The van der Waals surface area contributed by atoms with Gasteiger partial charge in [0.05, 0.1) is 0 Å². The molecule has 0 unspecified atom stereocenters. The third-order valence-electron chi connectivity index (χ3n) is 2.34. The van der Waals surface area contributed by atoms with Gasteiger partial charge in [0.1, 0.15) is 5.82 Å². The maximum absolute atomic E-state index is 12.7. The lowest BCUT2D eigenvalue weighted by atomic mass is 10.4. The van der Waals surface area contributed by atoms with Crippen LogP contribution in [0.1, 0.15) is 20.3 Å². The molecule has 3 nitrogen and oxygen atoms in total. The number of nitrogens with one attached hydrogen (secondary N) is 2. The van der Waals surface area contributed by atoms with E-state index in [0.717, 1.165) is 29.6 Å². The molecule has 6 heteroatoms. The summed E-state index contributed by atoms with van der Waals surface area (Å²) < 4.78 is 12.7. The van der Waals surface area contributed by atoms with Crippen LogP contribution in [0.15, 0.2) is 34.2 Å². The van der Waals surface area contributed by atoms with Gasteiger partial charge in [0.2, 0.25) is 0 Å². The summed E-state index contributed by atoms with van der Waals surface area (Å²) in [6.45, 7) is 5.04. The standard InChI is InChI=1S/C14H22FN3S.HI/c1-11(2)18-14(16-3)17-9-4-10-19-13-7-5-12(15)6-8-13;/h5-8,11H,4,9-10H2,1-3H3,(H2,16,17,18);1H. The van der Waals surface area contributed by atoms with Gasteiger partial charge in [-0.05, 0) is 50.3 Å². The summed E-state index contributed by atoms with van der Waals surface area (Å²) in [5, 5.41) is 6.50. The largest absolute Gasteiger partial charge is 0.356 e. The molecule has 0 saturated heterocycles. The van der Waals surface area contributed by atoms with Crippen LogP contribution in [0.5, 0.6) is 0 Å². The topological polar surface area (TPSA) is 36.4 Å². The van der Waals surface area contributed by atoms with E-state index in [0.29, 0.717) is 6.04 Å². The number of rotatable bonds is 6. The minimum absolute atomic E-state index is 0. The molecule has 0 saturated carbocycles. The molecule has 0 radical (unpaired) electrons. The maximum Gasteiger partial charge on any atom is 0.191 e. The Morgan fingerprint density at radius 3 is 2.50 bits per heavy atom. The first-order valence-electron chi connectivity index (χ1n) is 6.47. The monoisotopic (exact) mass is 411 g/mol. The van der Waals surface area contributed by atoms with Crippen LogP contribution in [0.4, 0.5) is 4.39 Å². The zero-order valence-electron chi connectivity index (χ0n) is 12.1. The first-order valence-corrected chi connectivity index (χ1v) is 7.46. The number of benzene rings is 1. The highest BCUT2D eigenvalue weighted by molar-refractivity contribution is 14.0. The van der Waals surface area contributed by atoms with Crippen LogP contribution in [0, 0.1) is 5.82 Å². The van der Waals surface area contributed by atoms with Gasteiger partial charge in [0, 0.05) is 24.5 Å². The van der Waals surface area contributed by atoms with Crippen molar-refractivity contribution in [1.82, 2.24) is 10.6 Å². The van der Waals surface area contributed by atoms with Crippen LogP contribution < -0.4 is 10.6 Å². The van der Waals surface area contributed by atoms with Gasteiger partial charge in [-0.1, -0.05) is 0 Å². The minimum Gasteiger partial charge on any atom is -0.356 e. The molecule has 0 atom stereocenters. The molecule has 0 aliphatic heterocycles. The Bertz CT molecular complexity index is 396. The SMILES string of the molecule is CN=C(NCCCSc1ccc(F)cc1)NC(C)C.I. The summed E-state index contributed by atoms with van der Waals surface area (Å²) in [5.41, 5.74) is 0. The molecular weight excluding hydrogens is 388 g/mol. The normalized spacial score (nSPS) is 11.2. The van der Waals surface area contributed by atoms with Crippen LogP contribution in [0.3, 0.4) is 0 Å². The Morgan fingerprint density at radius 2 is 1.95 bits per heavy atom. The van der Waals surface area contributed by atoms with E-state index in [1.54, 1.807) is 18.8 Å². The van der Waals surface area contributed by atoms with Crippen molar-refractivity contribution in [2.45, 2.75) is 31.2 Å². The fraction of sp³-hybridized carbons (Fsp3) is 0.500. The molecule has 114 valence electrons. The van der Waals surface area contributed by atoms with E-state index in [4.69, 9.17) is 0 Å². The van der Waals surface area contributed by atoms with E-state index in [2.05, 4.69) is 29.5 Å². The lowest BCUT2D eigenvalue weighted by Gasteiger charge is -2.14. The first kappa shape index (κ1) is 19.5. The number of halogens is 2. The molecule has 0 heterocycles. The van der Waals surface area contributed by atoms with Gasteiger partial charge in [-0.3, -0.25) is 4.99 Å². The highest BCUT2D eigenvalue weighted by atomic mass is 127. The first-order chi connectivity index (χ1) is 9.11. The van der Waals surface area contributed by atoms with Gasteiger partial charge in [0.15, 0.2) is 5.96 Å². The number of hydrogen-bond acceptors (Lipinski definition) is 2. The molecule has 1 aromatic rings. The van der Waals surface area contributed by atoms with E-state index in [1.807, 2.05) is 12.1 Å². The van der Waals surface area contributed by atoms with Gasteiger partial charge in [-0.15, -0.1) is 35.7 Å². The van der Waals surface area contributed by atoms with E-state index in [9.17, 15) is 4.39 Å². The zero-order chi connectivity index (χ0) is 14.1. The van der Waals surface area contributed by atoms with Gasteiger partial charge in [0.25, 0.3) is 0 Å². The van der Waals surface area contributed by atoms with Crippen LogP contribution in [0.25, 0.3) is 0 Å². The Labute approximate surface area is 142 Å². The summed E-state index contributed by atoms with van der Waals surface area (Å²) in [6.07, 6.45) is 1.03. The summed E-state index contributed by atoms with van der Waals surface area (Å²) in [6, 6.07) is 6.99. The molecule has 0 aliphatic rings. The van der Waals surface area contributed by atoms with E-state index < -0.39 is 0 Å². The lowest BCUT2D eigenvalue weighted by Crippen LogP contribution is -2.41. The molecule has 1 rings (SSSR count). The molecular formula is C14H23FIN3S. The second kappa shape index (κ2) is 11.2. The summed E-state index contributed by atoms with van der Waals surface area (Å²) >= 11 is 1.74. The highest BCUT2D eigenvalue weighted by Crippen LogP contribution is 2.18. The second-order valence-electron chi connectivity index (χ2n) is 4.45. The summed E-state index contributed by atoms with van der Waals surface area (Å²) in [7, 11) is 1.77. The molecule has 0 fully saturated rings. The van der Waals surface area contributed by atoms with Crippen molar-refractivity contribution in [3.05, 3.63) is 30.1 Å². The summed E-state index contributed by atoms with van der Waals surface area (Å²) in [5.74, 6) is 1.65. The van der Waals surface area contributed by atoms with Crippen molar-refractivity contribution >= 4 is 41.7 Å². The maximum atomic E-state index is 12.7. The molecule has 2 N–H and O–H groups in total. The molecule has 0 aliphatic carbocycles. The number of nitrogens with zero attached hydrogens (tertiary/aromatic N) is 1. The average Bonchev–Trinajstić information content (AvgIpc) is 2.38. The molecule has 0 bridgehead atoms. The molecule has 0 aromatic heterocycles. The van der Waals surface area contributed by atoms with Gasteiger partial charge >= 0.3 is 0 Å². The van der Waals surface area contributed by atoms with Gasteiger partial charge in [-0.2, -0.15) is 0 Å². The minimum atomic E-state index is -0.186. The third kappa shape index (κ3) is 8.63. The van der Waals surface area contributed by atoms with Crippen molar-refractivity contribution < 1.29 is 4.39 Å². The van der Waals surface area contributed by atoms with Crippen LogP contribution in [-0.4, -0.2) is 31.3 Å². The Hall–Kier alpha value is -0.500. The highest BCUT2D eigenvalue weighted by Gasteiger charge is 1.99. The molecule has 0 spiro atoms.